The second kappa shape index (κ2) is 6.42. The lowest BCUT2D eigenvalue weighted by atomic mass is 9.87. The third-order valence-corrected chi connectivity index (χ3v) is 3.76. The summed E-state index contributed by atoms with van der Waals surface area (Å²) in [5.74, 6) is 1.05. The van der Waals surface area contributed by atoms with Crippen LogP contribution in [0.5, 0.6) is 5.75 Å². The van der Waals surface area contributed by atoms with Crippen molar-refractivity contribution in [3.8, 4) is 5.75 Å². The number of hydrogen-bond donors (Lipinski definition) is 1. The van der Waals surface area contributed by atoms with Gasteiger partial charge in [0, 0.05) is 6.04 Å². The second-order valence-electron chi connectivity index (χ2n) is 6.44. The van der Waals surface area contributed by atoms with E-state index in [0.717, 1.165) is 12.3 Å². The molecule has 0 fully saturated rings. The van der Waals surface area contributed by atoms with Crippen LogP contribution < -0.4 is 10.1 Å². The zero-order valence-corrected chi connectivity index (χ0v) is 13.6. The number of nitrogens with one attached hydrogen (secondary N) is 1. The van der Waals surface area contributed by atoms with Gasteiger partial charge in [-0.05, 0) is 49.4 Å². The smallest absolute Gasteiger partial charge is 0.125 e. The zero-order valence-electron chi connectivity index (χ0n) is 13.6. The van der Waals surface area contributed by atoms with Crippen LogP contribution in [0.25, 0.3) is 0 Å². The summed E-state index contributed by atoms with van der Waals surface area (Å²) in [6.45, 7) is 17.0. The largest absolute Gasteiger partial charge is 0.491 e. The Morgan fingerprint density at radius 1 is 1.11 bits per heavy atom. The first-order valence-electron chi connectivity index (χ1n) is 7.20. The van der Waals surface area contributed by atoms with Gasteiger partial charge in [0.25, 0.3) is 0 Å². The molecule has 0 radical (unpaired) electrons. The Hall–Kier alpha value is -1.02. The molecule has 0 spiro atoms. The molecule has 1 N–H and O–H groups in total. The van der Waals surface area contributed by atoms with Crippen LogP contribution in [0.2, 0.25) is 0 Å². The summed E-state index contributed by atoms with van der Waals surface area (Å²) < 4.78 is 6.13. The zero-order chi connectivity index (χ0) is 14.6. The third-order valence-electron chi connectivity index (χ3n) is 3.76. The Labute approximate surface area is 118 Å². The molecule has 0 saturated carbocycles. The van der Waals surface area contributed by atoms with Gasteiger partial charge in [-0.2, -0.15) is 0 Å². The molecular weight excluding hydrogens is 234 g/mol. The number of aryl methyl sites for hydroxylation is 2. The maximum Gasteiger partial charge on any atom is 0.125 e. The Morgan fingerprint density at radius 2 is 1.68 bits per heavy atom. The molecule has 2 heteroatoms. The van der Waals surface area contributed by atoms with Crippen LogP contribution in [0.15, 0.2) is 12.1 Å². The quantitative estimate of drug-likeness (QED) is 0.866. The average Bonchev–Trinajstić information content (AvgIpc) is 2.31. The highest BCUT2D eigenvalue weighted by atomic mass is 16.5. The molecule has 19 heavy (non-hydrogen) atoms. The number of hydrogen-bond acceptors (Lipinski definition) is 2. The van der Waals surface area contributed by atoms with Crippen LogP contribution in [-0.2, 0) is 0 Å². The van der Waals surface area contributed by atoms with Crippen LogP contribution >= 0.6 is 0 Å². The lowest BCUT2D eigenvalue weighted by Gasteiger charge is -2.31. The van der Waals surface area contributed by atoms with Gasteiger partial charge < -0.3 is 10.1 Å². The Bertz CT molecular complexity index is 418. The van der Waals surface area contributed by atoms with Crippen molar-refractivity contribution in [2.45, 2.75) is 54.5 Å². The monoisotopic (exact) mass is 263 g/mol. The van der Waals surface area contributed by atoms with Crippen LogP contribution in [0.4, 0.5) is 0 Å². The van der Waals surface area contributed by atoms with Gasteiger partial charge in [0.05, 0.1) is 0 Å². The molecule has 1 aromatic carbocycles. The molecule has 0 heterocycles. The van der Waals surface area contributed by atoms with Gasteiger partial charge in [-0.3, -0.25) is 0 Å². The van der Waals surface area contributed by atoms with E-state index in [0.29, 0.717) is 12.6 Å². The summed E-state index contributed by atoms with van der Waals surface area (Å²) in [6.07, 6.45) is 0. The fourth-order valence-electron chi connectivity index (χ4n) is 2.18. The molecular formula is C17H29NO. The van der Waals surface area contributed by atoms with Gasteiger partial charge in [-0.25, -0.2) is 0 Å². The molecule has 2 nitrogen and oxygen atoms in total. The van der Waals surface area contributed by atoms with Gasteiger partial charge in [-0.15, -0.1) is 0 Å². The number of rotatable bonds is 5. The van der Waals surface area contributed by atoms with E-state index in [9.17, 15) is 0 Å². The van der Waals surface area contributed by atoms with Crippen LogP contribution in [0, 0.1) is 26.2 Å². The number of benzene rings is 1. The fourth-order valence-corrected chi connectivity index (χ4v) is 2.18. The van der Waals surface area contributed by atoms with Gasteiger partial charge in [0.15, 0.2) is 0 Å². The van der Waals surface area contributed by atoms with Gasteiger partial charge in [0.1, 0.15) is 12.4 Å². The van der Waals surface area contributed by atoms with Crippen molar-refractivity contribution >= 4 is 0 Å². The summed E-state index contributed by atoms with van der Waals surface area (Å²) in [6, 6.07) is 4.65. The Balaban J connectivity index is 2.83. The van der Waals surface area contributed by atoms with Gasteiger partial charge in [0.2, 0.25) is 0 Å². The molecule has 0 bridgehead atoms. The molecule has 1 unspecified atom stereocenters. The van der Waals surface area contributed by atoms with E-state index < -0.39 is 0 Å². The molecule has 0 aromatic heterocycles. The topological polar surface area (TPSA) is 21.3 Å². The fraction of sp³-hybridized carbons (Fsp3) is 0.647. The molecule has 0 saturated heterocycles. The highest BCUT2D eigenvalue weighted by molar-refractivity contribution is 5.44. The highest BCUT2D eigenvalue weighted by Gasteiger charge is 2.24. The predicted molar refractivity (Wildman–Crippen MR) is 83.1 cm³/mol. The standard InChI is InChI=1S/C17H29NO/c1-8-18-15(17(5,6)7)11-19-16-13(3)10-9-12(2)14(16)4/h9-10,15,18H,8,11H2,1-7H3. The lowest BCUT2D eigenvalue weighted by molar-refractivity contribution is 0.174. The molecule has 1 aromatic rings. The molecule has 0 amide bonds. The van der Waals surface area contributed by atoms with E-state index in [4.69, 9.17) is 4.74 Å². The van der Waals surface area contributed by atoms with Crippen molar-refractivity contribution in [1.82, 2.24) is 5.32 Å². The Kier molecular flexibility index (Phi) is 5.42. The maximum atomic E-state index is 6.13. The molecule has 0 aliphatic heterocycles. The van der Waals surface area contributed by atoms with Gasteiger partial charge in [-0.1, -0.05) is 39.8 Å². The summed E-state index contributed by atoms with van der Waals surface area (Å²) in [7, 11) is 0. The van der Waals surface area contributed by atoms with Gasteiger partial charge >= 0.3 is 0 Å². The summed E-state index contributed by atoms with van der Waals surface area (Å²) >= 11 is 0. The van der Waals surface area contributed by atoms with Crippen molar-refractivity contribution in [1.29, 1.82) is 0 Å². The first-order valence-corrected chi connectivity index (χ1v) is 7.20. The molecule has 1 rings (SSSR count). The van der Waals surface area contributed by atoms with Crippen molar-refractivity contribution in [3.63, 3.8) is 0 Å². The summed E-state index contributed by atoms with van der Waals surface area (Å²) in [4.78, 5) is 0. The van der Waals surface area contributed by atoms with Crippen LogP contribution in [-0.4, -0.2) is 19.2 Å². The minimum atomic E-state index is 0.196. The normalized spacial score (nSPS) is 13.4. The van der Waals surface area contributed by atoms with E-state index >= 15 is 0 Å². The molecule has 1 atom stereocenters. The molecule has 108 valence electrons. The van der Waals surface area contributed by atoms with Crippen molar-refractivity contribution < 1.29 is 4.74 Å². The molecule has 0 aliphatic carbocycles. The van der Waals surface area contributed by atoms with Crippen LogP contribution in [0.1, 0.15) is 44.4 Å². The second-order valence-corrected chi connectivity index (χ2v) is 6.44. The van der Waals surface area contributed by atoms with E-state index in [1.54, 1.807) is 0 Å². The van der Waals surface area contributed by atoms with Crippen molar-refractivity contribution in [2.75, 3.05) is 13.2 Å². The SMILES string of the molecule is CCNC(COc1c(C)ccc(C)c1C)C(C)(C)C. The number of ether oxygens (including phenoxy) is 1. The van der Waals surface area contributed by atoms with E-state index in [1.807, 2.05) is 0 Å². The lowest BCUT2D eigenvalue weighted by Crippen LogP contribution is -2.44. The maximum absolute atomic E-state index is 6.13. The van der Waals surface area contributed by atoms with Crippen LogP contribution in [0.3, 0.4) is 0 Å². The Morgan fingerprint density at radius 3 is 2.21 bits per heavy atom. The highest BCUT2D eigenvalue weighted by Crippen LogP contribution is 2.27. The molecule has 0 aliphatic rings. The third kappa shape index (κ3) is 4.24. The van der Waals surface area contributed by atoms with Crippen molar-refractivity contribution in [2.24, 2.45) is 5.41 Å². The minimum absolute atomic E-state index is 0.196. The van der Waals surface area contributed by atoms with E-state index in [2.05, 4.69) is 65.9 Å². The van der Waals surface area contributed by atoms with Crippen molar-refractivity contribution in [3.05, 3.63) is 28.8 Å². The first-order chi connectivity index (χ1) is 8.77. The number of likely N-dealkylation sites (N-methyl/N-ethyl adjacent to an activating group) is 1. The van der Waals surface area contributed by atoms with E-state index in [1.165, 1.54) is 16.7 Å². The predicted octanol–water partition coefficient (Wildman–Crippen LogP) is 4.01. The summed E-state index contributed by atoms with van der Waals surface area (Å²) in [5, 5.41) is 3.52. The average molecular weight is 263 g/mol. The summed E-state index contributed by atoms with van der Waals surface area (Å²) in [5.41, 5.74) is 3.95. The minimum Gasteiger partial charge on any atom is -0.491 e. The first kappa shape index (κ1) is 16.0. The van der Waals surface area contributed by atoms with E-state index in [-0.39, 0.29) is 5.41 Å².